The molecular weight excluding hydrogens is 508 g/mol. The molecule has 0 fully saturated rings. The van der Waals surface area contributed by atoms with Crippen LogP contribution in [0.25, 0.3) is 11.0 Å². The molecule has 1 unspecified atom stereocenters. The molecule has 1 aromatic heterocycles. The summed E-state index contributed by atoms with van der Waals surface area (Å²) in [7, 11) is -2.46. The minimum absolute atomic E-state index is 0.0754. The van der Waals surface area contributed by atoms with Crippen molar-refractivity contribution in [3.8, 4) is 0 Å². The molecule has 0 bridgehead atoms. The predicted octanol–water partition coefficient (Wildman–Crippen LogP) is 3.50. The molecule has 0 amide bonds. The summed E-state index contributed by atoms with van der Waals surface area (Å²) >= 11 is 0. The number of aromatic nitrogens is 2. The summed E-state index contributed by atoms with van der Waals surface area (Å²) in [6.45, 7) is 2.25. The van der Waals surface area contributed by atoms with E-state index in [1.807, 2.05) is 6.92 Å². The van der Waals surface area contributed by atoms with Crippen molar-refractivity contribution < 1.29 is 23.1 Å². The molecule has 1 heterocycles. The van der Waals surface area contributed by atoms with E-state index in [1.54, 1.807) is 65.2 Å². The first-order valence-corrected chi connectivity index (χ1v) is 13.3. The van der Waals surface area contributed by atoms with E-state index < -0.39 is 22.1 Å². The minimum Gasteiger partial charge on any atom is -0.465 e. The van der Waals surface area contributed by atoms with Crippen molar-refractivity contribution in [1.29, 1.82) is 0 Å². The number of nitrogens with one attached hydrogen (secondary N) is 2. The van der Waals surface area contributed by atoms with Gasteiger partial charge in [0.1, 0.15) is 0 Å². The lowest BCUT2D eigenvalue weighted by Gasteiger charge is -2.13. The van der Waals surface area contributed by atoms with Gasteiger partial charge in [-0.05, 0) is 55.0 Å². The first kappa shape index (κ1) is 26.8. The minimum atomic E-state index is -3.75. The Kier molecular flexibility index (Phi) is 8.08. The summed E-state index contributed by atoms with van der Waals surface area (Å²) < 4.78 is 34.0. The zero-order chi connectivity index (χ0) is 27.3. The number of ether oxygens (including phenoxy) is 1. The van der Waals surface area contributed by atoms with Gasteiger partial charge in [-0.1, -0.05) is 30.3 Å². The number of carbonyl (C=O) groups is 1. The number of aromatic amines is 1. The van der Waals surface area contributed by atoms with Crippen LogP contribution in [0.4, 0.5) is 5.69 Å². The van der Waals surface area contributed by atoms with Crippen molar-refractivity contribution in [3.05, 3.63) is 94.4 Å². The van der Waals surface area contributed by atoms with Crippen molar-refractivity contribution in [2.45, 2.75) is 30.9 Å². The van der Waals surface area contributed by atoms with Crippen molar-refractivity contribution >= 4 is 38.4 Å². The van der Waals surface area contributed by atoms with Gasteiger partial charge in [-0.2, -0.15) is 0 Å². The molecule has 11 heteroatoms. The summed E-state index contributed by atoms with van der Waals surface area (Å²) in [5.41, 5.74) is 2.82. The number of fused-ring (bicyclic) bond motifs is 1. The first-order valence-electron chi connectivity index (χ1n) is 11.8. The van der Waals surface area contributed by atoms with E-state index in [9.17, 15) is 23.1 Å². The highest BCUT2D eigenvalue weighted by Crippen LogP contribution is 2.21. The smallest absolute Gasteiger partial charge is 0.337 e. The van der Waals surface area contributed by atoms with Crippen LogP contribution in [0.15, 0.2) is 87.5 Å². The number of anilines is 1. The van der Waals surface area contributed by atoms with Crippen molar-refractivity contribution in [2.75, 3.05) is 18.4 Å². The van der Waals surface area contributed by atoms with Gasteiger partial charge in [-0.3, -0.25) is 14.3 Å². The maximum atomic E-state index is 12.6. The van der Waals surface area contributed by atoms with Crippen LogP contribution in [0.1, 0.15) is 35.4 Å². The lowest BCUT2D eigenvalue weighted by molar-refractivity contribution is 0.0601. The Hall–Kier alpha value is -4.22. The fraction of sp³-hybridized carbons (Fsp3) is 0.222. The number of rotatable bonds is 10. The Labute approximate surface area is 219 Å². The lowest BCUT2D eigenvalue weighted by Crippen LogP contribution is -2.18. The van der Waals surface area contributed by atoms with Crippen LogP contribution in [0.5, 0.6) is 0 Å². The second-order valence-corrected chi connectivity index (χ2v) is 10.4. The first-order chi connectivity index (χ1) is 18.2. The maximum absolute atomic E-state index is 12.6. The van der Waals surface area contributed by atoms with E-state index in [0.717, 1.165) is 5.71 Å². The van der Waals surface area contributed by atoms with Crippen LogP contribution in [0.3, 0.4) is 0 Å². The van der Waals surface area contributed by atoms with E-state index >= 15 is 0 Å². The van der Waals surface area contributed by atoms with Gasteiger partial charge in [0.05, 0.1) is 41.3 Å². The van der Waals surface area contributed by atoms with Gasteiger partial charge in [-0.15, -0.1) is 0 Å². The van der Waals surface area contributed by atoms with Crippen molar-refractivity contribution in [3.63, 3.8) is 0 Å². The molecule has 4 rings (SSSR count). The van der Waals surface area contributed by atoms with Crippen molar-refractivity contribution in [2.24, 2.45) is 4.99 Å². The number of H-pyrrole nitrogens is 1. The van der Waals surface area contributed by atoms with E-state index in [0.29, 0.717) is 40.8 Å². The zero-order valence-electron chi connectivity index (χ0n) is 20.9. The van der Waals surface area contributed by atoms with Gasteiger partial charge in [0.2, 0.25) is 0 Å². The second-order valence-electron chi connectivity index (χ2n) is 8.69. The number of nitrogens with zero attached hydrogens (tertiary/aromatic N) is 2. The fourth-order valence-corrected chi connectivity index (χ4v) is 5.02. The molecule has 0 aliphatic heterocycles. The molecule has 0 saturated carbocycles. The third-order valence-corrected chi connectivity index (χ3v) is 7.40. The van der Waals surface area contributed by atoms with Gasteiger partial charge in [0.25, 0.3) is 10.0 Å². The van der Waals surface area contributed by atoms with Crippen LogP contribution in [-0.4, -0.2) is 48.4 Å². The zero-order valence-corrected chi connectivity index (χ0v) is 21.7. The van der Waals surface area contributed by atoms with Crippen LogP contribution >= 0.6 is 0 Å². The van der Waals surface area contributed by atoms with Crippen LogP contribution < -0.4 is 10.4 Å². The number of sulfonamides is 1. The number of hydrogen-bond donors (Lipinski definition) is 3. The molecule has 0 aliphatic carbocycles. The highest BCUT2D eigenvalue weighted by atomic mass is 32.2. The fourth-order valence-electron chi connectivity index (χ4n) is 3.95. The van der Waals surface area contributed by atoms with Crippen LogP contribution in [0.2, 0.25) is 0 Å². The molecule has 3 aromatic carbocycles. The Morgan fingerprint density at radius 3 is 2.61 bits per heavy atom. The van der Waals surface area contributed by atoms with E-state index in [2.05, 4.69) is 14.7 Å². The van der Waals surface area contributed by atoms with Crippen molar-refractivity contribution in [1.82, 2.24) is 9.55 Å². The number of methoxy groups -OCH3 is 1. The number of imidazole rings is 1. The lowest BCUT2D eigenvalue weighted by atomic mass is 10.1. The van der Waals surface area contributed by atoms with Crippen LogP contribution in [-0.2, 0) is 21.3 Å². The van der Waals surface area contributed by atoms with Gasteiger partial charge in [-0.25, -0.2) is 18.0 Å². The van der Waals surface area contributed by atoms with Gasteiger partial charge in [0.15, 0.2) is 0 Å². The average molecular weight is 537 g/mol. The number of hydrogen-bond acceptors (Lipinski definition) is 7. The Balaban J connectivity index is 1.39. The second kappa shape index (κ2) is 11.4. The SMILES string of the molecule is COC(=O)c1ccc2c(c1)[nH]c(=O)n2CCC(C)=NCC(O)c1cccc(NS(=O)(=O)c2ccccc2)c1. The number of aliphatic hydroxyl groups excluding tert-OH is 1. The number of aliphatic imine (C=N–C) groups is 1. The van der Waals surface area contributed by atoms with Gasteiger partial charge in [0, 0.05) is 24.4 Å². The molecule has 0 radical (unpaired) electrons. The molecule has 0 aliphatic rings. The molecule has 0 spiro atoms. The Bertz CT molecular complexity index is 1640. The number of benzene rings is 3. The third kappa shape index (κ3) is 6.18. The number of aryl methyl sites for hydroxylation is 1. The summed E-state index contributed by atoms with van der Waals surface area (Å²) in [5.74, 6) is -0.485. The van der Waals surface area contributed by atoms with Crippen LogP contribution in [0, 0.1) is 0 Å². The molecule has 4 aromatic rings. The Morgan fingerprint density at radius 2 is 1.87 bits per heavy atom. The third-order valence-electron chi connectivity index (χ3n) is 6.00. The molecule has 0 saturated heterocycles. The normalized spacial score (nSPS) is 12.9. The highest BCUT2D eigenvalue weighted by Gasteiger charge is 2.15. The molecule has 198 valence electrons. The number of carbonyl (C=O) groups excluding carboxylic acids is 1. The van der Waals surface area contributed by atoms with Gasteiger partial charge < -0.3 is 14.8 Å². The summed E-state index contributed by atoms with van der Waals surface area (Å²) in [6, 6.07) is 19.4. The van der Waals surface area contributed by atoms with Gasteiger partial charge >= 0.3 is 11.7 Å². The van der Waals surface area contributed by atoms with E-state index in [-0.39, 0.29) is 17.1 Å². The molecule has 38 heavy (non-hydrogen) atoms. The van der Waals surface area contributed by atoms with E-state index in [1.165, 1.54) is 19.2 Å². The quantitative estimate of drug-likeness (QED) is 0.209. The summed E-state index contributed by atoms with van der Waals surface area (Å²) in [4.78, 5) is 31.5. The van der Waals surface area contributed by atoms with E-state index in [4.69, 9.17) is 4.74 Å². The molecular formula is C27H28N4O6S. The summed E-state index contributed by atoms with van der Waals surface area (Å²) in [5, 5.41) is 10.7. The average Bonchev–Trinajstić information content (AvgIpc) is 3.24. The molecule has 3 N–H and O–H groups in total. The number of esters is 1. The Morgan fingerprint density at radius 1 is 1.11 bits per heavy atom. The standard InChI is InChI=1S/C27H28N4O6S/c1-18(13-14-31-24-12-11-20(26(33)37-2)16-23(24)29-27(31)34)28-17-25(32)19-7-6-8-21(15-19)30-38(35,36)22-9-4-3-5-10-22/h3-12,15-16,25,30,32H,13-14,17H2,1-2H3,(H,29,34). The predicted molar refractivity (Wildman–Crippen MR) is 145 cm³/mol. The molecule has 1 atom stereocenters. The summed E-state index contributed by atoms with van der Waals surface area (Å²) in [6.07, 6.45) is -0.478. The largest absolute Gasteiger partial charge is 0.465 e. The molecule has 10 nitrogen and oxygen atoms in total. The highest BCUT2D eigenvalue weighted by molar-refractivity contribution is 7.92. The topological polar surface area (TPSA) is 143 Å². The number of aliphatic hydroxyl groups is 1. The monoisotopic (exact) mass is 536 g/mol. The maximum Gasteiger partial charge on any atom is 0.337 e.